The van der Waals surface area contributed by atoms with E-state index >= 15 is 0 Å². The predicted molar refractivity (Wildman–Crippen MR) is 66.8 cm³/mol. The van der Waals surface area contributed by atoms with Crippen LogP contribution in [0.3, 0.4) is 0 Å². The summed E-state index contributed by atoms with van der Waals surface area (Å²) in [4.78, 5) is 11.6. The van der Waals surface area contributed by atoms with Gasteiger partial charge in [0.15, 0.2) is 0 Å². The third-order valence-corrected chi connectivity index (χ3v) is 2.16. The second-order valence-corrected chi connectivity index (χ2v) is 4.41. The molecule has 0 aromatic carbocycles. The van der Waals surface area contributed by atoms with Crippen LogP contribution < -0.4 is 10.1 Å². The quantitative estimate of drug-likeness (QED) is 0.665. The van der Waals surface area contributed by atoms with Gasteiger partial charge in [-0.05, 0) is 24.9 Å². The number of aromatic nitrogens is 3. The zero-order valence-corrected chi connectivity index (χ0v) is 11.1. The summed E-state index contributed by atoms with van der Waals surface area (Å²) in [6.45, 7) is 3.63. The molecule has 1 aromatic rings. The zero-order valence-electron chi connectivity index (χ0n) is 10.4. The molecule has 0 aliphatic heterocycles. The molecule has 0 spiro atoms. The van der Waals surface area contributed by atoms with E-state index < -0.39 is 5.60 Å². The molecule has 1 heterocycles. The first kappa shape index (κ1) is 14.9. The highest BCUT2D eigenvalue weighted by molar-refractivity contribution is 6.28. The maximum atomic E-state index is 9.62. The summed E-state index contributed by atoms with van der Waals surface area (Å²) >= 11 is 5.72. The van der Waals surface area contributed by atoms with E-state index in [9.17, 15) is 5.11 Å². The Morgan fingerprint density at radius 2 is 2.11 bits per heavy atom. The van der Waals surface area contributed by atoms with Gasteiger partial charge in [-0.15, -0.1) is 0 Å². The Balaban J connectivity index is 2.68. The average Bonchev–Trinajstić information content (AvgIpc) is 2.33. The highest BCUT2D eigenvalue weighted by Gasteiger charge is 2.19. The molecule has 3 N–H and O–H groups in total. The number of rotatable bonds is 7. The van der Waals surface area contributed by atoms with Gasteiger partial charge in [-0.3, -0.25) is 0 Å². The molecule has 1 unspecified atom stereocenters. The lowest BCUT2D eigenvalue weighted by molar-refractivity contribution is 0.0131. The van der Waals surface area contributed by atoms with Crippen molar-refractivity contribution in [3.8, 4) is 6.01 Å². The molecule has 0 amide bonds. The van der Waals surface area contributed by atoms with E-state index in [1.54, 1.807) is 0 Å². The number of hydrogen-bond acceptors (Lipinski definition) is 7. The Bertz CT molecular complexity index is 389. The van der Waals surface area contributed by atoms with E-state index in [0.717, 1.165) is 6.42 Å². The van der Waals surface area contributed by atoms with Crippen LogP contribution in [0.2, 0.25) is 5.28 Å². The van der Waals surface area contributed by atoms with Crippen molar-refractivity contribution in [3.63, 3.8) is 0 Å². The topological polar surface area (TPSA) is 100 Å². The van der Waals surface area contributed by atoms with E-state index in [2.05, 4.69) is 20.3 Å². The Morgan fingerprint density at radius 1 is 1.39 bits per heavy atom. The number of ether oxygens (including phenoxy) is 1. The number of halogens is 1. The van der Waals surface area contributed by atoms with Crippen LogP contribution in [0.15, 0.2) is 0 Å². The molecule has 0 aliphatic carbocycles. The first-order chi connectivity index (χ1) is 8.46. The molecule has 0 saturated carbocycles. The van der Waals surface area contributed by atoms with Crippen molar-refractivity contribution in [1.29, 1.82) is 0 Å². The average molecular weight is 277 g/mol. The summed E-state index contributed by atoms with van der Waals surface area (Å²) in [5.41, 5.74) is -1.26. The second kappa shape index (κ2) is 6.67. The van der Waals surface area contributed by atoms with Gasteiger partial charge in [0.25, 0.3) is 0 Å². The van der Waals surface area contributed by atoms with Gasteiger partial charge in [0, 0.05) is 6.54 Å². The molecular formula is C10H17ClN4O3. The lowest BCUT2D eigenvalue weighted by Crippen LogP contribution is -2.37. The van der Waals surface area contributed by atoms with Crippen LogP contribution in [-0.2, 0) is 0 Å². The number of nitrogens with zero attached hydrogens (tertiary/aromatic N) is 3. The number of aliphatic hydroxyl groups excluding tert-OH is 1. The Morgan fingerprint density at radius 3 is 2.72 bits per heavy atom. The molecule has 1 aromatic heterocycles. The molecule has 18 heavy (non-hydrogen) atoms. The Kier molecular flexibility index (Phi) is 5.52. The SMILES string of the molecule is CCCOc1nc(Cl)nc(NCC(C)(O)CO)n1. The minimum absolute atomic E-state index is 0.00208. The van der Waals surface area contributed by atoms with Crippen LogP contribution >= 0.6 is 11.6 Å². The van der Waals surface area contributed by atoms with E-state index in [1.165, 1.54) is 6.92 Å². The predicted octanol–water partition coefficient (Wildman–Crippen LogP) is 0.469. The van der Waals surface area contributed by atoms with E-state index in [0.29, 0.717) is 6.61 Å². The van der Waals surface area contributed by atoms with Gasteiger partial charge in [-0.1, -0.05) is 6.92 Å². The first-order valence-corrected chi connectivity index (χ1v) is 5.96. The van der Waals surface area contributed by atoms with E-state index in [1.807, 2.05) is 6.92 Å². The molecule has 0 fully saturated rings. The standard InChI is InChI=1S/C10H17ClN4O3/c1-3-4-18-9-14-7(11)13-8(15-9)12-5-10(2,17)6-16/h16-17H,3-6H2,1-2H3,(H,12,13,14,15). The lowest BCUT2D eigenvalue weighted by Gasteiger charge is -2.20. The smallest absolute Gasteiger partial charge is 0.322 e. The minimum atomic E-state index is -1.26. The molecule has 1 atom stereocenters. The number of hydrogen-bond donors (Lipinski definition) is 3. The molecule has 0 bridgehead atoms. The third-order valence-electron chi connectivity index (χ3n) is 1.99. The van der Waals surface area contributed by atoms with Gasteiger partial charge in [-0.2, -0.15) is 15.0 Å². The molecule has 7 nitrogen and oxygen atoms in total. The molecule has 1 rings (SSSR count). The summed E-state index contributed by atoms with van der Waals surface area (Å²) in [5, 5.41) is 21.3. The van der Waals surface area contributed by atoms with Crippen molar-refractivity contribution in [2.24, 2.45) is 0 Å². The maximum absolute atomic E-state index is 9.62. The van der Waals surface area contributed by atoms with Crippen LogP contribution in [-0.4, -0.2) is 50.5 Å². The fourth-order valence-corrected chi connectivity index (χ4v) is 1.15. The van der Waals surface area contributed by atoms with Crippen molar-refractivity contribution < 1.29 is 14.9 Å². The van der Waals surface area contributed by atoms with Gasteiger partial charge in [0.05, 0.1) is 13.2 Å². The summed E-state index contributed by atoms with van der Waals surface area (Å²) in [7, 11) is 0. The van der Waals surface area contributed by atoms with Crippen molar-refractivity contribution in [2.45, 2.75) is 25.9 Å². The van der Waals surface area contributed by atoms with Crippen LogP contribution in [0.25, 0.3) is 0 Å². The number of aliphatic hydroxyl groups is 2. The zero-order chi connectivity index (χ0) is 13.6. The number of nitrogens with one attached hydrogen (secondary N) is 1. The first-order valence-electron chi connectivity index (χ1n) is 5.58. The van der Waals surface area contributed by atoms with Crippen molar-refractivity contribution in [1.82, 2.24) is 15.0 Å². The Hall–Kier alpha value is -1.18. The molecule has 102 valence electrons. The van der Waals surface area contributed by atoms with Crippen LogP contribution in [0.5, 0.6) is 6.01 Å². The fourth-order valence-electron chi connectivity index (χ4n) is 0.994. The maximum Gasteiger partial charge on any atom is 0.322 e. The molecular weight excluding hydrogens is 260 g/mol. The molecule has 8 heteroatoms. The van der Waals surface area contributed by atoms with Gasteiger partial charge in [0.2, 0.25) is 11.2 Å². The summed E-state index contributed by atoms with van der Waals surface area (Å²) in [6, 6.07) is 0.128. The Labute approximate surface area is 110 Å². The van der Waals surface area contributed by atoms with Gasteiger partial charge in [-0.25, -0.2) is 0 Å². The second-order valence-electron chi connectivity index (χ2n) is 4.07. The molecule has 0 radical (unpaired) electrons. The highest BCUT2D eigenvalue weighted by atomic mass is 35.5. The van der Waals surface area contributed by atoms with Crippen molar-refractivity contribution in [2.75, 3.05) is 25.1 Å². The van der Waals surface area contributed by atoms with Crippen LogP contribution in [0, 0.1) is 0 Å². The van der Waals surface area contributed by atoms with Crippen LogP contribution in [0.4, 0.5) is 5.95 Å². The highest BCUT2D eigenvalue weighted by Crippen LogP contribution is 2.12. The van der Waals surface area contributed by atoms with Gasteiger partial charge in [0.1, 0.15) is 5.60 Å². The van der Waals surface area contributed by atoms with Gasteiger partial charge < -0.3 is 20.3 Å². The molecule has 0 aliphatic rings. The third kappa shape index (κ3) is 4.99. The van der Waals surface area contributed by atoms with Crippen molar-refractivity contribution >= 4 is 17.5 Å². The summed E-state index contributed by atoms with van der Waals surface area (Å²) < 4.78 is 5.24. The normalized spacial score (nSPS) is 14.1. The van der Waals surface area contributed by atoms with E-state index in [4.69, 9.17) is 21.4 Å². The van der Waals surface area contributed by atoms with E-state index in [-0.39, 0.29) is 30.4 Å². The fraction of sp³-hybridized carbons (Fsp3) is 0.700. The minimum Gasteiger partial charge on any atom is -0.463 e. The molecule has 0 saturated heterocycles. The van der Waals surface area contributed by atoms with Crippen LogP contribution in [0.1, 0.15) is 20.3 Å². The monoisotopic (exact) mass is 276 g/mol. The lowest BCUT2D eigenvalue weighted by atomic mass is 10.1. The largest absolute Gasteiger partial charge is 0.463 e. The van der Waals surface area contributed by atoms with Crippen molar-refractivity contribution in [3.05, 3.63) is 5.28 Å². The number of anilines is 1. The van der Waals surface area contributed by atoms with Gasteiger partial charge >= 0.3 is 6.01 Å². The summed E-state index contributed by atoms with van der Waals surface area (Å²) in [6.07, 6.45) is 0.825. The summed E-state index contributed by atoms with van der Waals surface area (Å²) in [5.74, 6) is 0.190.